The summed E-state index contributed by atoms with van der Waals surface area (Å²) in [6, 6.07) is 0.731. The van der Waals surface area contributed by atoms with Crippen LogP contribution in [0.5, 0.6) is 0 Å². The molecule has 0 aromatic carbocycles. The van der Waals surface area contributed by atoms with Crippen molar-refractivity contribution in [3.05, 3.63) is 0 Å². The zero-order chi connectivity index (χ0) is 13.9. The van der Waals surface area contributed by atoms with Crippen LogP contribution in [-0.2, 0) is 0 Å². The summed E-state index contributed by atoms with van der Waals surface area (Å²) in [5, 5.41) is 0. The Kier molecular flexibility index (Phi) is 5.27. The Balaban J connectivity index is 1.97. The lowest BCUT2D eigenvalue weighted by Gasteiger charge is -2.52. The molecule has 0 bridgehead atoms. The van der Waals surface area contributed by atoms with Crippen molar-refractivity contribution in [3.63, 3.8) is 0 Å². The van der Waals surface area contributed by atoms with Gasteiger partial charge in [-0.25, -0.2) is 0 Å². The van der Waals surface area contributed by atoms with Gasteiger partial charge in [-0.05, 0) is 58.2 Å². The van der Waals surface area contributed by atoms with E-state index in [0.29, 0.717) is 5.54 Å². The fraction of sp³-hybridized carbons (Fsp3) is 1.00. The summed E-state index contributed by atoms with van der Waals surface area (Å²) < 4.78 is 0. The monoisotopic (exact) mass is 267 g/mol. The highest BCUT2D eigenvalue weighted by molar-refractivity contribution is 4.99. The molecule has 3 heteroatoms. The van der Waals surface area contributed by atoms with E-state index in [1.165, 1.54) is 58.3 Å². The van der Waals surface area contributed by atoms with Crippen molar-refractivity contribution >= 4 is 0 Å². The Morgan fingerprint density at radius 1 is 1.16 bits per heavy atom. The largest absolute Gasteiger partial charge is 0.329 e. The highest BCUT2D eigenvalue weighted by Crippen LogP contribution is 2.33. The second-order valence-electron chi connectivity index (χ2n) is 7.16. The van der Waals surface area contributed by atoms with Crippen LogP contribution in [0.2, 0.25) is 0 Å². The normalized spacial score (nSPS) is 29.8. The zero-order valence-corrected chi connectivity index (χ0v) is 13.2. The van der Waals surface area contributed by atoms with Gasteiger partial charge in [-0.3, -0.25) is 4.90 Å². The van der Waals surface area contributed by atoms with Crippen molar-refractivity contribution in [1.29, 1.82) is 0 Å². The Bertz CT molecular complexity index is 269. The molecule has 19 heavy (non-hydrogen) atoms. The molecule has 2 N–H and O–H groups in total. The molecule has 2 heterocycles. The quantitative estimate of drug-likeness (QED) is 0.848. The molecule has 2 aliphatic heterocycles. The van der Waals surface area contributed by atoms with Crippen LogP contribution in [0.1, 0.15) is 52.9 Å². The topological polar surface area (TPSA) is 32.5 Å². The predicted octanol–water partition coefficient (Wildman–Crippen LogP) is 2.31. The van der Waals surface area contributed by atoms with Crippen molar-refractivity contribution in [1.82, 2.24) is 9.80 Å². The van der Waals surface area contributed by atoms with Gasteiger partial charge in [0.1, 0.15) is 0 Å². The van der Waals surface area contributed by atoms with Gasteiger partial charge in [-0.2, -0.15) is 0 Å². The minimum Gasteiger partial charge on any atom is -0.329 e. The molecule has 1 unspecified atom stereocenters. The number of piperidine rings is 2. The maximum atomic E-state index is 6.22. The van der Waals surface area contributed by atoms with Crippen LogP contribution in [0.25, 0.3) is 0 Å². The Labute approximate surface area is 119 Å². The van der Waals surface area contributed by atoms with Crippen molar-refractivity contribution in [2.45, 2.75) is 64.5 Å². The van der Waals surface area contributed by atoms with Crippen molar-refractivity contribution in [2.24, 2.45) is 11.7 Å². The summed E-state index contributed by atoms with van der Waals surface area (Å²) in [5.74, 6) is 0.777. The third-order valence-corrected chi connectivity index (χ3v) is 5.20. The van der Waals surface area contributed by atoms with Crippen molar-refractivity contribution in [2.75, 3.05) is 32.7 Å². The molecule has 0 radical (unpaired) electrons. The lowest BCUT2D eigenvalue weighted by molar-refractivity contribution is -0.0167. The molecular weight excluding hydrogens is 234 g/mol. The van der Waals surface area contributed by atoms with Crippen LogP contribution in [0, 0.1) is 5.92 Å². The highest BCUT2D eigenvalue weighted by Gasteiger charge is 2.41. The Hall–Kier alpha value is -0.120. The first-order valence-electron chi connectivity index (χ1n) is 8.26. The molecule has 0 saturated carbocycles. The predicted molar refractivity (Wildman–Crippen MR) is 82.3 cm³/mol. The molecule has 3 nitrogen and oxygen atoms in total. The molecule has 0 aliphatic carbocycles. The van der Waals surface area contributed by atoms with E-state index in [0.717, 1.165) is 18.5 Å². The van der Waals surface area contributed by atoms with Crippen LogP contribution in [0.15, 0.2) is 0 Å². The van der Waals surface area contributed by atoms with Gasteiger partial charge >= 0.3 is 0 Å². The highest BCUT2D eigenvalue weighted by atomic mass is 15.3. The van der Waals surface area contributed by atoms with Crippen LogP contribution < -0.4 is 5.73 Å². The van der Waals surface area contributed by atoms with Crippen LogP contribution in [0.3, 0.4) is 0 Å². The number of nitrogens with two attached hydrogens (primary N) is 1. The van der Waals surface area contributed by atoms with E-state index in [1.807, 2.05) is 0 Å². The summed E-state index contributed by atoms with van der Waals surface area (Å²) in [7, 11) is 0. The number of hydrogen-bond donors (Lipinski definition) is 1. The fourth-order valence-electron chi connectivity index (χ4n) is 4.08. The molecule has 2 saturated heterocycles. The number of hydrogen-bond acceptors (Lipinski definition) is 3. The standard InChI is InChI=1S/C16H33N3/c1-14(2)12-18-10-7-16(13-17,8-11-18)19-9-5-4-6-15(19)3/h14-15H,4-13,17H2,1-3H3. The van der Waals surface area contributed by atoms with Gasteiger partial charge in [0, 0.05) is 24.7 Å². The molecule has 0 amide bonds. The van der Waals surface area contributed by atoms with Crippen LogP contribution in [0.4, 0.5) is 0 Å². The lowest BCUT2D eigenvalue weighted by atomic mass is 9.82. The third-order valence-electron chi connectivity index (χ3n) is 5.20. The first-order valence-corrected chi connectivity index (χ1v) is 8.26. The van der Waals surface area contributed by atoms with E-state index in [4.69, 9.17) is 5.73 Å². The zero-order valence-electron chi connectivity index (χ0n) is 13.2. The molecule has 0 aromatic rings. The molecule has 112 valence electrons. The average molecular weight is 267 g/mol. The van der Waals surface area contributed by atoms with E-state index in [-0.39, 0.29) is 0 Å². The summed E-state index contributed by atoms with van der Waals surface area (Å²) >= 11 is 0. The first kappa shape index (κ1) is 15.3. The second kappa shape index (κ2) is 6.55. The SMILES string of the molecule is CC(C)CN1CCC(CN)(N2CCCCC2C)CC1. The second-order valence-corrected chi connectivity index (χ2v) is 7.16. The first-order chi connectivity index (χ1) is 9.07. The number of nitrogens with zero attached hydrogens (tertiary/aromatic N) is 2. The van der Waals surface area contributed by atoms with E-state index in [9.17, 15) is 0 Å². The maximum Gasteiger partial charge on any atom is 0.0358 e. The van der Waals surface area contributed by atoms with Gasteiger partial charge in [0.05, 0.1) is 0 Å². The van der Waals surface area contributed by atoms with E-state index >= 15 is 0 Å². The third kappa shape index (κ3) is 3.50. The molecule has 1 atom stereocenters. The van der Waals surface area contributed by atoms with Gasteiger partial charge in [0.25, 0.3) is 0 Å². The average Bonchev–Trinajstić information content (AvgIpc) is 2.40. The smallest absolute Gasteiger partial charge is 0.0358 e. The Morgan fingerprint density at radius 3 is 2.37 bits per heavy atom. The summed E-state index contributed by atoms with van der Waals surface area (Å²) in [6.45, 7) is 12.9. The van der Waals surface area contributed by atoms with Gasteiger partial charge in [0.15, 0.2) is 0 Å². The fourth-order valence-corrected chi connectivity index (χ4v) is 4.08. The maximum absolute atomic E-state index is 6.22. The number of likely N-dealkylation sites (tertiary alicyclic amines) is 2. The Morgan fingerprint density at radius 2 is 1.84 bits per heavy atom. The van der Waals surface area contributed by atoms with E-state index < -0.39 is 0 Å². The van der Waals surface area contributed by atoms with Gasteiger partial charge < -0.3 is 10.6 Å². The van der Waals surface area contributed by atoms with Crippen molar-refractivity contribution in [3.8, 4) is 0 Å². The van der Waals surface area contributed by atoms with Gasteiger partial charge in [-0.15, -0.1) is 0 Å². The molecule has 2 aliphatic rings. The molecule has 2 rings (SSSR count). The van der Waals surface area contributed by atoms with Crippen LogP contribution in [-0.4, -0.2) is 54.1 Å². The van der Waals surface area contributed by atoms with Crippen molar-refractivity contribution < 1.29 is 0 Å². The minimum absolute atomic E-state index is 0.299. The summed E-state index contributed by atoms with van der Waals surface area (Å²) in [6.07, 6.45) is 6.65. The molecule has 0 aromatic heterocycles. The number of rotatable bonds is 4. The van der Waals surface area contributed by atoms with Crippen LogP contribution >= 0.6 is 0 Å². The van der Waals surface area contributed by atoms with Gasteiger partial charge in [-0.1, -0.05) is 20.3 Å². The molecule has 2 fully saturated rings. The minimum atomic E-state index is 0.299. The summed E-state index contributed by atoms with van der Waals surface area (Å²) in [4.78, 5) is 5.39. The summed E-state index contributed by atoms with van der Waals surface area (Å²) in [5.41, 5.74) is 6.52. The lowest BCUT2D eigenvalue weighted by Crippen LogP contribution is -2.62. The van der Waals surface area contributed by atoms with Gasteiger partial charge in [0.2, 0.25) is 0 Å². The molecule has 0 spiro atoms. The van der Waals surface area contributed by atoms with E-state index in [2.05, 4.69) is 30.6 Å². The van der Waals surface area contributed by atoms with E-state index in [1.54, 1.807) is 0 Å². The molecular formula is C16H33N3.